The number of amidine groups is 1. The van der Waals surface area contributed by atoms with E-state index in [4.69, 9.17) is 0 Å². The first-order chi connectivity index (χ1) is 11.9. The van der Waals surface area contributed by atoms with E-state index in [1.807, 2.05) is 37.7 Å². The van der Waals surface area contributed by atoms with Crippen molar-refractivity contribution in [2.75, 3.05) is 38.0 Å². The Labute approximate surface area is 154 Å². The summed E-state index contributed by atoms with van der Waals surface area (Å²) in [7, 11) is 0. The summed E-state index contributed by atoms with van der Waals surface area (Å²) in [6.07, 6.45) is 0. The van der Waals surface area contributed by atoms with Crippen LogP contribution < -0.4 is 5.32 Å². The molecule has 0 aromatic heterocycles. The van der Waals surface area contributed by atoms with E-state index in [-0.39, 0.29) is 11.9 Å². The van der Waals surface area contributed by atoms with Gasteiger partial charge in [-0.05, 0) is 32.4 Å². The molecule has 0 radical (unpaired) electrons. The molecule has 1 aromatic rings. The normalized spacial score (nSPS) is 22.6. The van der Waals surface area contributed by atoms with Gasteiger partial charge in [-0.15, -0.1) is 0 Å². The maximum absolute atomic E-state index is 12.6. The van der Waals surface area contributed by atoms with Crippen LogP contribution in [0.15, 0.2) is 23.2 Å². The highest BCUT2D eigenvalue weighted by Crippen LogP contribution is 2.24. The minimum absolute atomic E-state index is 0.0709. The van der Waals surface area contributed by atoms with E-state index in [9.17, 15) is 4.79 Å². The van der Waals surface area contributed by atoms with Crippen molar-refractivity contribution in [3.8, 4) is 0 Å². The molecule has 1 aromatic carbocycles. The number of thioether (sulfide) groups is 1. The molecule has 0 saturated carbocycles. The molecule has 6 heteroatoms. The summed E-state index contributed by atoms with van der Waals surface area (Å²) in [5.41, 5.74) is 3.23. The molecule has 0 spiro atoms. The molecular weight excluding hydrogens is 332 g/mol. The fourth-order valence-electron chi connectivity index (χ4n) is 3.29. The molecule has 0 aliphatic carbocycles. The second-order valence-electron chi connectivity index (χ2n) is 7.06. The third-order valence-corrected chi connectivity index (χ3v) is 6.09. The Morgan fingerprint density at radius 2 is 2.00 bits per heavy atom. The van der Waals surface area contributed by atoms with Crippen LogP contribution in [-0.4, -0.2) is 64.9 Å². The molecule has 1 fully saturated rings. The number of nitrogens with one attached hydrogen (secondary N) is 1. The predicted octanol–water partition coefficient (Wildman–Crippen LogP) is 2.74. The highest BCUT2D eigenvalue weighted by Gasteiger charge is 2.29. The molecule has 2 heterocycles. The van der Waals surface area contributed by atoms with E-state index in [0.717, 1.165) is 44.0 Å². The number of benzene rings is 1. The van der Waals surface area contributed by atoms with Crippen LogP contribution in [0.4, 0.5) is 5.69 Å². The number of carbonyl (C=O) groups is 1. The summed E-state index contributed by atoms with van der Waals surface area (Å²) in [4.78, 5) is 21.9. The minimum Gasteiger partial charge on any atom is -0.349 e. The molecule has 0 unspecified atom stereocenters. The monoisotopic (exact) mass is 360 g/mol. The molecule has 1 N–H and O–H groups in total. The molecule has 2 aliphatic heterocycles. The lowest BCUT2D eigenvalue weighted by Gasteiger charge is -2.38. The van der Waals surface area contributed by atoms with Gasteiger partial charge < -0.3 is 10.2 Å². The van der Waals surface area contributed by atoms with Crippen LogP contribution in [0.5, 0.6) is 0 Å². The summed E-state index contributed by atoms with van der Waals surface area (Å²) < 4.78 is 0. The molecular formula is C19H28N4OS. The van der Waals surface area contributed by atoms with Gasteiger partial charge in [0, 0.05) is 37.1 Å². The number of carbonyl (C=O) groups excluding carboxylic acids is 1. The Hall–Kier alpha value is -1.53. The molecule has 1 amide bonds. The second kappa shape index (κ2) is 7.79. The number of nitrogens with zero attached hydrogens (tertiary/aromatic N) is 3. The lowest BCUT2D eigenvalue weighted by Crippen LogP contribution is -2.53. The quantitative estimate of drug-likeness (QED) is 0.900. The predicted molar refractivity (Wildman–Crippen MR) is 107 cm³/mol. The van der Waals surface area contributed by atoms with Gasteiger partial charge in [-0.1, -0.05) is 36.4 Å². The van der Waals surface area contributed by atoms with Crippen molar-refractivity contribution in [3.63, 3.8) is 0 Å². The number of amides is 1. The summed E-state index contributed by atoms with van der Waals surface area (Å²) in [6.45, 7) is 12.9. The van der Waals surface area contributed by atoms with Gasteiger partial charge in [0.25, 0.3) is 0 Å². The van der Waals surface area contributed by atoms with Crippen LogP contribution in [0.1, 0.15) is 25.0 Å². The molecule has 1 saturated heterocycles. The van der Waals surface area contributed by atoms with Crippen LogP contribution in [0.25, 0.3) is 0 Å². The van der Waals surface area contributed by atoms with Crippen molar-refractivity contribution in [2.24, 2.45) is 4.99 Å². The Morgan fingerprint density at radius 1 is 1.28 bits per heavy atom. The molecule has 0 bridgehead atoms. The third-order valence-electron chi connectivity index (χ3n) is 4.94. The number of aryl methyl sites for hydroxylation is 2. The summed E-state index contributed by atoms with van der Waals surface area (Å²) in [5.74, 6) is 0.0709. The van der Waals surface area contributed by atoms with E-state index >= 15 is 0 Å². The Kier molecular flexibility index (Phi) is 5.69. The average Bonchev–Trinajstić information content (AvgIpc) is 3.03. The number of rotatable bonds is 3. The van der Waals surface area contributed by atoms with E-state index in [2.05, 4.69) is 40.0 Å². The molecule has 25 heavy (non-hydrogen) atoms. The van der Waals surface area contributed by atoms with Crippen LogP contribution in [-0.2, 0) is 4.79 Å². The Morgan fingerprint density at radius 3 is 2.60 bits per heavy atom. The first-order valence-corrected chi connectivity index (χ1v) is 9.90. The number of aliphatic imine (C=N–C) groups is 1. The smallest absolute Gasteiger partial charge is 0.241 e. The van der Waals surface area contributed by atoms with Gasteiger partial charge >= 0.3 is 0 Å². The van der Waals surface area contributed by atoms with Crippen LogP contribution in [0.2, 0.25) is 0 Å². The molecule has 2 aliphatic rings. The third kappa shape index (κ3) is 4.36. The van der Waals surface area contributed by atoms with E-state index in [1.165, 1.54) is 10.7 Å². The fraction of sp³-hybridized carbons (Fsp3) is 0.579. The summed E-state index contributed by atoms with van der Waals surface area (Å²) in [5, 5.41) is 4.86. The van der Waals surface area contributed by atoms with Crippen molar-refractivity contribution < 1.29 is 4.79 Å². The number of anilines is 1. The van der Waals surface area contributed by atoms with E-state index < -0.39 is 0 Å². The van der Waals surface area contributed by atoms with Gasteiger partial charge in [-0.25, -0.2) is 0 Å². The standard InChI is InChI=1S/C19H28N4OS/c1-13-5-6-17(14(2)11-13)21-18(24)16(4)22-7-9-23(10-8-22)19-20-12-15(3)25-19/h5-6,11,15-16H,7-10,12H2,1-4H3,(H,21,24)/t15-,16-/m1/s1. The molecule has 136 valence electrons. The molecule has 3 rings (SSSR count). The van der Waals surface area contributed by atoms with Crippen molar-refractivity contribution in [1.29, 1.82) is 0 Å². The largest absolute Gasteiger partial charge is 0.349 e. The topological polar surface area (TPSA) is 47.9 Å². The summed E-state index contributed by atoms with van der Waals surface area (Å²) in [6, 6.07) is 6.00. The van der Waals surface area contributed by atoms with E-state index in [1.54, 1.807) is 0 Å². The molecule has 5 nitrogen and oxygen atoms in total. The zero-order chi connectivity index (χ0) is 18.0. The van der Waals surface area contributed by atoms with Crippen molar-refractivity contribution in [1.82, 2.24) is 9.80 Å². The molecule has 2 atom stereocenters. The van der Waals surface area contributed by atoms with Crippen molar-refractivity contribution in [2.45, 2.75) is 39.0 Å². The Balaban J connectivity index is 1.53. The second-order valence-corrected chi connectivity index (χ2v) is 8.46. The number of hydrogen-bond acceptors (Lipinski definition) is 5. The van der Waals surface area contributed by atoms with Gasteiger partial charge in [0.15, 0.2) is 5.17 Å². The SMILES string of the molecule is Cc1ccc(NC(=O)[C@@H](C)N2CCN(C3=NC[C@@H](C)S3)CC2)c(C)c1. The van der Waals surface area contributed by atoms with Crippen molar-refractivity contribution >= 4 is 28.5 Å². The zero-order valence-corrected chi connectivity index (χ0v) is 16.4. The van der Waals surface area contributed by atoms with Gasteiger partial charge in [0.1, 0.15) is 0 Å². The highest BCUT2D eigenvalue weighted by molar-refractivity contribution is 8.14. The maximum Gasteiger partial charge on any atom is 0.241 e. The maximum atomic E-state index is 12.6. The minimum atomic E-state index is -0.125. The van der Waals surface area contributed by atoms with E-state index in [0.29, 0.717) is 5.25 Å². The first-order valence-electron chi connectivity index (χ1n) is 9.02. The highest BCUT2D eigenvalue weighted by atomic mass is 32.2. The van der Waals surface area contributed by atoms with Crippen molar-refractivity contribution in [3.05, 3.63) is 29.3 Å². The average molecular weight is 361 g/mol. The Bertz CT molecular complexity index is 667. The number of piperazine rings is 1. The first kappa shape index (κ1) is 18.3. The summed E-state index contributed by atoms with van der Waals surface area (Å²) >= 11 is 1.87. The van der Waals surface area contributed by atoms with Crippen LogP contribution in [0.3, 0.4) is 0 Å². The van der Waals surface area contributed by atoms with Gasteiger partial charge in [-0.3, -0.25) is 14.7 Å². The lowest BCUT2D eigenvalue weighted by molar-refractivity contribution is -0.121. The van der Waals surface area contributed by atoms with Gasteiger partial charge in [0.2, 0.25) is 5.91 Å². The van der Waals surface area contributed by atoms with Crippen LogP contribution in [0, 0.1) is 13.8 Å². The van der Waals surface area contributed by atoms with Crippen LogP contribution >= 0.6 is 11.8 Å². The van der Waals surface area contributed by atoms with Gasteiger partial charge in [-0.2, -0.15) is 0 Å². The number of hydrogen-bond donors (Lipinski definition) is 1. The van der Waals surface area contributed by atoms with Gasteiger partial charge in [0.05, 0.1) is 12.6 Å². The zero-order valence-electron chi connectivity index (χ0n) is 15.6. The lowest BCUT2D eigenvalue weighted by atomic mass is 10.1. The fourth-order valence-corrected chi connectivity index (χ4v) is 4.28.